The molecule has 0 spiro atoms. The molecule has 136 valence electrons. The fourth-order valence-corrected chi connectivity index (χ4v) is 3.10. The van der Waals surface area contributed by atoms with E-state index in [1.165, 1.54) is 0 Å². The average molecular weight is 355 g/mol. The summed E-state index contributed by atoms with van der Waals surface area (Å²) in [6.07, 6.45) is 0.485. The Bertz CT molecular complexity index is 576. The van der Waals surface area contributed by atoms with Crippen LogP contribution in [0.2, 0.25) is 0 Å². The van der Waals surface area contributed by atoms with E-state index in [0.29, 0.717) is 12.5 Å². The van der Waals surface area contributed by atoms with Crippen molar-refractivity contribution < 1.29 is 9.53 Å². The van der Waals surface area contributed by atoms with Gasteiger partial charge in [-0.15, -0.1) is 12.4 Å². The van der Waals surface area contributed by atoms with Crippen molar-refractivity contribution in [2.24, 2.45) is 11.1 Å². The summed E-state index contributed by atoms with van der Waals surface area (Å²) in [5.74, 6) is 1.24. The number of likely N-dealkylation sites (tertiary alicyclic amines) is 1. The predicted molar refractivity (Wildman–Crippen MR) is 101 cm³/mol. The Hall–Kier alpha value is -1.26. The Kier molecular flexibility index (Phi) is 7.11. The topological polar surface area (TPSA) is 55.6 Å². The van der Waals surface area contributed by atoms with E-state index in [0.717, 1.165) is 36.4 Å². The molecule has 1 saturated heterocycles. The van der Waals surface area contributed by atoms with E-state index in [-0.39, 0.29) is 23.7 Å². The van der Waals surface area contributed by atoms with Gasteiger partial charge < -0.3 is 15.4 Å². The Morgan fingerprint density at radius 3 is 2.58 bits per heavy atom. The van der Waals surface area contributed by atoms with Crippen LogP contribution in [0.3, 0.4) is 0 Å². The van der Waals surface area contributed by atoms with Gasteiger partial charge in [-0.25, -0.2) is 0 Å². The Labute approximate surface area is 152 Å². The van der Waals surface area contributed by atoms with Crippen molar-refractivity contribution in [3.8, 4) is 5.75 Å². The van der Waals surface area contributed by atoms with Crippen LogP contribution >= 0.6 is 12.4 Å². The summed E-state index contributed by atoms with van der Waals surface area (Å²) in [5.41, 5.74) is 8.16. The molecular formula is C19H31ClN2O2. The minimum absolute atomic E-state index is 0. The molecule has 1 fully saturated rings. The Balaban J connectivity index is 0.00000288. The second-order valence-electron chi connectivity index (χ2n) is 7.48. The smallest absolute Gasteiger partial charge is 0.263 e. The SMILES string of the molecule is Cc1ccc(C(C)C)c(OC(C)C(=O)N2CCC(C)(CN)C2)c1.Cl. The number of halogens is 1. The fourth-order valence-electron chi connectivity index (χ4n) is 3.10. The van der Waals surface area contributed by atoms with Crippen LogP contribution in [0.15, 0.2) is 18.2 Å². The average Bonchev–Trinajstić information content (AvgIpc) is 2.89. The second-order valence-corrected chi connectivity index (χ2v) is 7.48. The monoisotopic (exact) mass is 354 g/mol. The molecular weight excluding hydrogens is 324 g/mol. The maximum atomic E-state index is 12.7. The van der Waals surface area contributed by atoms with Gasteiger partial charge >= 0.3 is 0 Å². The largest absolute Gasteiger partial charge is 0.481 e. The molecule has 24 heavy (non-hydrogen) atoms. The molecule has 2 N–H and O–H groups in total. The zero-order valence-corrected chi connectivity index (χ0v) is 16.3. The first-order valence-electron chi connectivity index (χ1n) is 8.52. The van der Waals surface area contributed by atoms with Crippen LogP contribution in [0.25, 0.3) is 0 Å². The zero-order chi connectivity index (χ0) is 17.2. The summed E-state index contributed by atoms with van der Waals surface area (Å²) in [6.45, 7) is 12.4. The molecule has 2 atom stereocenters. The van der Waals surface area contributed by atoms with E-state index in [9.17, 15) is 4.79 Å². The fraction of sp³-hybridized carbons (Fsp3) is 0.632. The molecule has 5 heteroatoms. The van der Waals surface area contributed by atoms with Crippen LogP contribution in [0, 0.1) is 12.3 Å². The summed E-state index contributed by atoms with van der Waals surface area (Å²) in [7, 11) is 0. The lowest BCUT2D eigenvalue weighted by molar-refractivity contribution is -0.137. The molecule has 0 bridgehead atoms. The number of hydrogen-bond acceptors (Lipinski definition) is 3. The van der Waals surface area contributed by atoms with E-state index in [4.69, 9.17) is 10.5 Å². The highest BCUT2D eigenvalue weighted by Crippen LogP contribution is 2.31. The van der Waals surface area contributed by atoms with Gasteiger partial charge in [-0.2, -0.15) is 0 Å². The molecule has 1 aromatic carbocycles. The molecule has 0 aliphatic carbocycles. The van der Waals surface area contributed by atoms with E-state index in [2.05, 4.69) is 32.9 Å². The zero-order valence-electron chi connectivity index (χ0n) is 15.5. The van der Waals surface area contributed by atoms with Gasteiger partial charge in [0.25, 0.3) is 5.91 Å². The number of nitrogens with two attached hydrogens (primary N) is 1. The highest BCUT2D eigenvalue weighted by molar-refractivity contribution is 5.85. The molecule has 2 rings (SSSR count). The second kappa shape index (κ2) is 8.21. The molecule has 0 aromatic heterocycles. The van der Waals surface area contributed by atoms with Crippen molar-refractivity contribution in [3.63, 3.8) is 0 Å². The number of aryl methyl sites for hydroxylation is 1. The first-order chi connectivity index (χ1) is 10.8. The lowest BCUT2D eigenvalue weighted by atomic mass is 9.90. The Morgan fingerprint density at radius 2 is 2.04 bits per heavy atom. The maximum Gasteiger partial charge on any atom is 0.263 e. The summed E-state index contributed by atoms with van der Waals surface area (Å²) in [4.78, 5) is 14.6. The molecule has 2 unspecified atom stereocenters. The molecule has 1 aromatic rings. The van der Waals surface area contributed by atoms with Crippen molar-refractivity contribution in [2.75, 3.05) is 19.6 Å². The Morgan fingerprint density at radius 1 is 1.38 bits per heavy atom. The van der Waals surface area contributed by atoms with Crippen LogP contribution in [-0.2, 0) is 4.79 Å². The van der Waals surface area contributed by atoms with Gasteiger partial charge in [0, 0.05) is 13.1 Å². The van der Waals surface area contributed by atoms with Crippen LogP contribution in [0.5, 0.6) is 5.75 Å². The number of rotatable bonds is 5. The normalized spacial score (nSPS) is 21.5. The number of nitrogens with zero attached hydrogens (tertiary/aromatic N) is 1. The molecule has 1 amide bonds. The highest BCUT2D eigenvalue weighted by atomic mass is 35.5. The highest BCUT2D eigenvalue weighted by Gasteiger charge is 2.36. The van der Waals surface area contributed by atoms with Crippen LogP contribution in [-0.4, -0.2) is 36.5 Å². The van der Waals surface area contributed by atoms with Crippen LogP contribution in [0.4, 0.5) is 0 Å². The lowest BCUT2D eigenvalue weighted by Gasteiger charge is -2.26. The summed E-state index contributed by atoms with van der Waals surface area (Å²) in [5, 5.41) is 0. The van der Waals surface area contributed by atoms with Gasteiger partial charge in [-0.3, -0.25) is 4.79 Å². The van der Waals surface area contributed by atoms with E-state index < -0.39 is 6.10 Å². The maximum absolute atomic E-state index is 12.7. The lowest BCUT2D eigenvalue weighted by Crippen LogP contribution is -2.41. The van der Waals surface area contributed by atoms with Crippen molar-refractivity contribution >= 4 is 18.3 Å². The van der Waals surface area contributed by atoms with Crippen molar-refractivity contribution in [1.29, 1.82) is 0 Å². The van der Waals surface area contributed by atoms with Gasteiger partial charge in [0.15, 0.2) is 6.10 Å². The van der Waals surface area contributed by atoms with Crippen molar-refractivity contribution in [3.05, 3.63) is 29.3 Å². The van der Waals surface area contributed by atoms with Gasteiger partial charge in [0.2, 0.25) is 0 Å². The third kappa shape index (κ3) is 4.64. The van der Waals surface area contributed by atoms with Gasteiger partial charge in [-0.1, -0.05) is 32.9 Å². The van der Waals surface area contributed by atoms with Crippen molar-refractivity contribution in [2.45, 2.75) is 53.1 Å². The van der Waals surface area contributed by atoms with E-state index in [1.54, 1.807) is 0 Å². The van der Waals surface area contributed by atoms with Gasteiger partial charge in [-0.05, 0) is 55.3 Å². The number of carbonyl (C=O) groups excluding carboxylic acids is 1. The number of carbonyl (C=O) groups is 1. The van der Waals surface area contributed by atoms with E-state index in [1.807, 2.05) is 24.8 Å². The molecule has 4 nitrogen and oxygen atoms in total. The first-order valence-corrected chi connectivity index (χ1v) is 8.52. The number of amides is 1. The molecule has 0 saturated carbocycles. The summed E-state index contributed by atoms with van der Waals surface area (Å²) >= 11 is 0. The quantitative estimate of drug-likeness (QED) is 0.880. The minimum Gasteiger partial charge on any atom is -0.481 e. The van der Waals surface area contributed by atoms with Gasteiger partial charge in [0.1, 0.15) is 5.75 Å². The summed E-state index contributed by atoms with van der Waals surface area (Å²) in [6, 6.07) is 6.20. The van der Waals surface area contributed by atoms with Crippen LogP contribution < -0.4 is 10.5 Å². The number of hydrogen-bond donors (Lipinski definition) is 1. The number of ether oxygens (including phenoxy) is 1. The van der Waals surface area contributed by atoms with E-state index >= 15 is 0 Å². The standard InChI is InChI=1S/C19H30N2O2.ClH/c1-13(2)16-7-6-14(3)10-17(16)23-15(4)18(22)21-9-8-19(5,11-20)12-21;/h6-7,10,13,15H,8-9,11-12,20H2,1-5H3;1H. The number of benzene rings is 1. The van der Waals surface area contributed by atoms with Gasteiger partial charge in [0.05, 0.1) is 0 Å². The van der Waals surface area contributed by atoms with Crippen molar-refractivity contribution in [1.82, 2.24) is 4.90 Å². The third-order valence-corrected chi connectivity index (χ3v) is 4.80. The molecule has 1 aliphatic heterocycles. The first kappa shape index (κ1) is 20.8. The molecule has 1 aliphatic rings. The minimum atomic E-state index is -0.477. The molecule has 1 heterocycles. The van der Waals surface area contributed by atoms with Crippen LogP contribution in [0.1, 0.15) is 51.2 Å². The molecule has 0 radical (unpaired) electrons. The third-order valence-electron chi connectivity index (χ3n) is 4.80. The predicted octanol–water partition coefficient (Wildman–Crippen LogP) is 3.50. The summed E-state index contributed by atoms with van der Waals surface area (Å²) < 4.78 is 6.04.